The van der Waals surface area contributed by atoms with Crippen LogP contribution < -0.4 is 9.46 Å². The smallest absolute Gasteiger partial charge is 0.211 e. The van der Waals surface area contributed by atoms with Gasteiger partial charge in [0.05, 0.1) is 12.4 Å². The van der Waals surface area contributed by atoms with E-state index in [1.54, 1.807) is 12.1 Å². The SMILES string of the molecule is CNS(=O)(=O)CCCOc1cc[c]c(C)c1. The summed E-state index contributed by atoms with van der Waals surface area (Å²) in [4.78, 5) is 0. The van der Waals surface area contributed by atoms with E-state index in [4.69, 9.17) is 4.74 Å². The highest BCUT2D eigenvalue weighted by atomic mass is 32.2. The van der Waals surface area contributed by atoms with Crippen molar-refractivity contribution in [3.63, 3.8) is 0 Å². The largest absolute Gasteiger partial charge is 0.494 e. The molecule has 0 aliphatic rings. The lowest BCUT2D eigenvalue weighted by Gasteiger charge is -2.06. The van der Waals surface area contributed by atoms with Crippen LogP contribution >= 0.6 is 0 Å². The minimum atomic E-state index is -3.12. The van der Waals surface area contributed by atoms with Gasteiger partial charge in [0.25, 0.3) is 0 Å². The van der Waals surface area contributed by atoms with Crippen molar-refractivity contribution in [2.45, 2.75) is 13.3 Å². The Labute approximate surface area is 96.7 Å². The Hall–Kier alpha value is -1.07. The summed E-state index contributed by atoms with van der Waals surface area (Å²) in [6, 6.07) is 8.47. The van der Waals surface area contributed by atoms with Crippen molar-refractivity contribution in [3.05, 3.63) is 29.8 Å². The van der Waals surface area contributed by atoms with E-state index in [1.807, 2.05) is 13.0 Å². The Morgan fingerprint density at radius 3 is 2.88 bits per heavy atom. The Bertz CT molecular complexity index is 429. The third-order valence-electron chi connectivity index (χ3n) is 2.05. The maximum Gasteiger partial charge on any atom is 0.211 e. The molecular formula is C11H16NO3S. The molecule has 1 aromatic carbocycles. The highest BCUT2D eigenvalue weighted by Gasteiger charge is 2.05. The van der Waals surface area contributed by atoms with Crippen LogP contribution in [0.15, 0.2) is 18.2 Å². The lowest BCUT2D eigenvalue weighted by molar-refractivity contribution is 0.317. The van der Waals surface area contributed by atoms with Gasteiger partial charge in [0, 0.05) is 0 Å². The van der Waals surface area contributed by atoms with Gasteiger partial charge in [-0.1, -0.05) is 6.07 Å². The fraction of sp³-hybridized carbons (Fsp3) is 0.455. The van der Waals surface area contributed by atoms with Gasteiger partial charge >= 0.3 is 0 Å². The van der Waals surface area contributed by atoms with E-state index in [0.717, 1.165) is 11.3 Å². The summed E-state index contributed by atoms with van der Waals surface area (Å²) in [6.45, 7) is 2.32. The van der Waals surface area contributed by atoms with E-state index < -0.39 is 10.0 Å². The normalized spacial score (nSPS) is 11.4. The van der Waals surface area contributed by atoms with E-state index in [-0.39, 0.29) is 5.75 Å². The summed E-state index contributed by atoms with van der Waals surface area (Å²) in [5.41, 5.74) is 1.00. The number of ether oxygens (including phenoxy) is 1. The van der Waals surface area contributed by atoms with E-state index in [2.05, 4.69) is 10.8 Å². The molecule has 1 radical (unpaired) electrons. The van der Waals surface area contributed by atoms with Crippen molar-refractivity contribution in [2.24, 2.45) is 0 Å². The van der Waals surface area contributed by atoms with Crippen LogP contribution in [-0.2, 0) is 10.0 Å². The van der Waals surface area contributed by atoms with Gasteiger partial charge in [-0.15, -0.1) is 0 Å². The predicted molar refractivity (Wildman–Crippen MR) is 63.0 cm³/mol. The lowest BCUT2D eigenvalue weighted by Crippen LogP contribution is -2.23. The number of sulfonamides is 1. The molecule has 0 amide bonds. The minimum absolute atomic E-state index is 0.0848. The second-order valence-electron chi connectivity index (χ2n) is 3.43. The van der Waals surface area contributed by atoms with E-state index >= 15 is 0 Å². The highest BCUT2D eigenvalue weighted by molar-refractivity contribution is 7.89. The Balaban J connectivity index is 2.32. The van der Waals surface area contributed by atoms with E-state index in [1.165, 1.54) is 7.05 Å². The lowest BCUT2D eigenvalue weighted by atomic mass is 10.2. The quantitative estimate of drug-likeness (QED) is 0.760. The molecule has 5 heteroatoms. The third kappa shape index (κ3) is 4.63. The molecule has 0 saturated heterocycles. The van der Waals surface area contributed by atoms with E-state index in [0.29, 0.717) is 13.0 Å². The number of hydrogen-bond donors (Lipinski definition) is 1. The maximum atomic E-state index is 11.1. The van der Waals surface area contributed by atoms with Gasteiger partial charge < -0.3 is 4.74 Å². The summed E-state index contributed by atoms with van der Waals surface area (Å²) < 4.78 is 29.9. The van der Waals surface area contributed by atoms with Gasteiger partial charge in [-0.05, 0) is 44.2 Å². The number of hydrogen-bond acceptors (Lipinski definition) is 3. The first-order valence-corrected chi connectivity index (χ1v) is 6.71. The van der Waals surface area contributed by atoms with Gasteiger partial charge in [0.2, 0.25) is 10.0 Å². The molecule has 0 atom stereocenters. The molecule has 0 fully saturated rings. The number of nitrogens with one attached hydrogen (secondary N) is 1. The van der Waals surface area contributed by atoms with Crippen LogP contribution in [-0.4, -0.2) is 27.8 Å². The minimum Gasteiger partial charge on any atom is -0.494 e. The van der Waals surface area contributed by atoms with Crippen LogP contribution in [0.5, 0.6) is 5.75 Å². The molecule has 4 nitrogen and oxygen atoms in total. The summed E-state index contributed by atoms with van der Waals surface area (Å²) in [5, 5.41) is 0. The van der Waals surface area contributed by atoms with Gasteiger partial charge in [0.15, 0.2) is 0 Å². The van der Waals surface area contributed by atoms with E-state index in [9.17, 15) is 8.42 Å². The molecule has 0 saturated carbocycles. The zero-order valence-electron chi connectivity index (χ0n) is 9.49. The molecule has 0 aliphatic carbocycles. The standard InChI is InChI=1S/C11H16NO3S/c1-10-5-3-6-11(9-10)15-7-4-8-16(13,14)12-2/h3,6,9,12H,4,7-8H2,1-2H3. The van der Waals surface area contributed by atoms with Crippen LogP contribution in [0.2, 0.25) is 0 Å². The van der Waals surface area contributed by atoms with Gasteiger partial charge in [0.1, 0.15) is 5.75 Å². The molecule has 1 aromatic rings. The second-order valence-corrected chi connectivity index (χ2v) is 5.48. The summed E-state index contributed by atoms with van der Waals surface area (Å²) >= 11 is 0. The zero-order valence-corrected chi connectivity index (χ0v) is 10.3. The van der Waals surface area contributed by atoms with Crippen molar-refractivity contribution >= 4 is 10.0 Å². The average molecular weight is 242 g/mol. The molecule has 0 bridgehead atoms. The zero-order chi connectivity index (χ0) is 12.0. The fourth-order valence-electron chi connectivity index (χ4n) is 1.19. The summed E-state index contributed by atoms with van der Waals surface area (Å²) in [6.07, 6.45) is 0.473. The summed E-state index contributed by atoms with van der Waals surface area (Å²) in [7, 11) is -1.71. The van der Waals surface area contributed by atoms with Crippen LogP contribution in [0, 0.1) is 13.0 Å². The molecule has 1 N–H and O–H groups in total. The number of aryl methyl sites for hydroxylation is 1. The van der Waals surface area contributed by atoms with Crippen molar-refractivity contribution in [1.29, 1.82) is 0 Å². The number of benzene rings is 1. The molecule has 0 aliphatic heterocycles. The van der Waals surface area contributed by atoms with Crippen LogP contribution in [0.4, 0.5) is 0 Å². The molecule has 16 heavy (non-hydrogen) atoms. The third-order valence-corrected chi connectivity index (χ3v) is 3.50. The molecule has 0 spiro atoms. The average Bonchev–Trinajstić information content (AvgIpc) is 2.25. The maximum absolute atomic E-state index is 11.1. The Kier molecular flexibility index (Phi) is 4.76. The second kappa shape index (κ2) is 5.86. The first-order chi connectivity index (χ1) is 7.53. The number of rotatable bonds is 6. The topological polar surface area (TPSA) is 55.4 Å². The Morgan fingerprint density at radius 2 is 2.25 bits per heavy atom. The molecule has 0 unspecified atom stereocenters. The molecule has 0 heterocycles. The molecule has 89 valence electrons. The predicted octanol–water partition coefficient (Wildman–Crippen LogP) is 1.11. The van der Waals surface area contributed by atoms with Crippen LogP contribution in [0.3, 0.4) is 0 Å². The molecular weight excluding hydrogens is 226 g/mol. The van der Waals surface area contributed by atoms with Crippen LogP contribution in [0.25, 0.3) is 0 Å². The fourth-order valence-corrected chi connectivity index (χ4v) is 1.89. The molecule has 0 aromatic heterocycles. The first kappa shape index (κ1) is 13.0. The Morgan fingerprint density at radius 1 is 1.50 bits per heavy atom. The van der Waals surface area contributed by atoms with Crippen molar-refractivity contribution in [1.82, 2.24) is 4.72 Å². The summed E-state index contributed by atoms with van der Waals surface area (Å²) in [5.74, 6) is 0.833. The van der Waals surface area contributed by atoms with Gasteiger partial charge in [-0.3, -0.25) is 0 Å². The van der Waals surface area contributed by atoms with Gasteiger partial charge in [-0.2, -0.15) is 0 Å². The van der Waals surface area contributed by atoms with Crippen molar-refractivity contribution in [2.75, 3.05) is 19.4 Å². The van der Waals surface area contributed by atoms with Gasteiger partial charge in [-0.25, -0.2) is 13.1 Å². The molecule has 1 rings (SSSR count). The highest BCUT2D eigenvalue weighted by Crippen LogP contribution is 2.11. The first-order valence-electron chi connectivity index (χ1n) is 5.06. The van der Waals surface area contributed by atoms with Crippen LogP contribution in [0.1, 0.15) is 12.0 Å². The van der Waals surface area contributed by atoms with Crippen molar-refractivity contribution < 1.29 is 13.2 Å². The monoisotopic (exact) mass is 242 g/mol. The van der Waals surface area contributed by atoms with Crippen molar-refractivity contribution in [3.8, 4) is 5.75 Å².